The highest BCUT2D eigenvalue weighted by Gasteiger charge is 2.41. The van der Waals surface area contributed by atoms with Gasteiger partial charge in [0.05, 0.1) is 4.90 Å². The van der Waals surface area contributed by atoms with E-state index in [-0.39, 0.29) is 11.0 Å². The van der Waals surface area contributed by atoms with Crippen molar-refractivity contribution < 1.29 is 13.3 Å². The average molecular weight is 404 g/mol. The summed E-state index contributed by atoms with van der Waals surface area (Å²) in [7, 11) is -3.84. The minimum atomic E-state index is -3.84. The van der Waals surface area contributed by atoms with E-state index in [9.17, 15) is 8.42 Å². The molecule has 5 heteroatoms. The summed E-state index contributed by atoms with van der Waals surface area (Å²) >= 11 is 0. The lowest BCUT2D eigenvalue weighted by atomic mass is 10.0. The lowest BCUT2D eigenvalue weighted by Crippen LogP contribution is -2.33. The normalized spacial score (nSPS) is 19.5. The maximum Gasteiger partial charge on any atom is 0.266 e. The van der Waals surface area contributed by atoms with Gasteiger partial charge in [0.1, 0.15) is 12.1 Å². The van der Waals surface area contributed by atoms with Gasteiger partial charge in [-0.2, -0.15) is 0 Å². The molecule has 1 heterocycles. The molecule has 1 aliphatic rings. The van der Waals surface area contributed by atoms with Gasteiger partial charge in [-0.05, 0) is 36.8 Å². The van der Waals surface area contributed by atoms with Crippen molar-refractivity contribution in [2.45, 2.75) is 30.4 Å². The van der Waals surface area contributed by atoms with Gasteiger partial charge in [-0.3, -0.25) is 4.84 Å². The summed E-state index contributed by atoms with van der Waals surface area (Å²) in [6.45, 7) is 1.92. The van der Waals surface area contributed by atoms with Crippen LogP contribution in [0.3, 0.4) is 0 Å². The highest BCUT2D eigenvalue weighted by atomic mass is 32.2. The summed E-state index contributed by atoms with van der Waals surface area (Å²) in [5, 5.41) is 0. The highest BCUT2D eigenvalue weighted by molar-refractivity contribution is 7.89. The highest BCUT2D eigenvalue weighted by Crippen LogP contribution is 2.36. The molecule has 4 nitrogen and oxygen atoms in total. The predicted molar refractivity (Wildman–Crippen MR) is 112 cm³/mol. The monoisotopic (exact) mass is 403 g/mol. The van der Waals surface area contributed by atoms with Crippen molar-refractivity contribution in [3.63, 3.8) is 0 Å². The zero-order chi connectivity index (χ0) is 20.3. The third kappa shape index (κ3) is 4.25. The SMILES string of the molecule is Cc1ccc(S(=O)(=O)N2O[C@H](c3ccccc3)C[C@@H]2C#Cc2ccccc2)cc1. The molecule has 0 saturated carbocycles. The molecule has 146 valence electrons. The molecule has 0 bridgehead atoms. The van der Waals surface area contributed by atoms with Gasteiger partial charge < -0.3 is 0 Å². The number of hydrogen-bond donors (Lipinski definition) is 0. The van der Waals surface area contributed by atoms with Gasteiger partial charge in [0.15, 0.2) is 0 Å². The Morgan fingerprint density at radius 2 is 1.52 bits per heavy atom. The number of nitrogens with zero attached hydrogens (tertiary/aromatic N) is 1. The molecule has 29 heavy (non-hydrogen) atoms. The maximum atomic E-state index is 13.3. The Morgan fingerprint density at radius 1 is 0.897 bits per heavy atom. The molecule has 1 aliphatic heterocycles. The van der Waals surface area contributed by atoms with Gasteiger partial charge in [-0.25, -0.2) is 8.42 Å². The van der Waals surface area contributed by atoms with Crippen LogP contribution in [0.4, 0.5) is 0 Å². The number of sulfonamides is 1. The van der Waals surface area contributed by atoms with E-state index in [4.69, 9.17) is 4.84 Å². The molecule has 0 unspecified atom stereocenters. The van der Waals surface area contributed by atoms with Crippen molar-refractivity contribution in [2.24, 2.45) is 0 Å². The number of aryl methyl sites for hydroxylation is 1. The van der Waals surface area contributed by atoms with E-state index in [0.29, 0.717) is 6.42 Å². The molecule has 2 atom stereocenters. The van der Waals surface area contributed by atoms with Crippen molar-refractivity contribution in [1.82, 2.24) is 4.47 Å². The first kappa shape index (κ1) is 19.4. The lowest BCUT2D eigenvalue weighted by Gasteiger charge is -2.19. The number of hydrogen-bond acceptors (Lipinski definition) is 3. The van der Waals surface area contributed by atoms with Crippen LogP contribution in [0.15, 0.2) is 89.8 Å². The zero-order valence-electron chi connectivity index (χ0n) is 16.0. The largest absolute Gasteiger partial charge is 0.275 e. The van der Waals surface area contributed by atoms with Crippen molar-refractivity contribution >= 4 is 10.0 Å². The summed E-state index contributed by atoms with van der Waals surface area (Å²) in [5.74, 6) is 6.19. The quantitative estimate of drug-likeness (QED) is 0.606. The fourth-order valence-electron chi connectivity index (χ4n) is 3.23. The molecule has 3 aromatic rings. The van der Waals surface area contributed by atoms with Crippen LogP contribution in [-0.4, -0.2) is 18.9 Å². The van der Waals surface area contributed by atoms with E-state index in [1.165, 1.54) is 0 Å². The maximum absolute atomic E-state index is 13.3. The minimum absolute atomic E-state index is 0.198. The van der Waals surface area contributed by atoms with Crippen LogP contribution in [0.1, 0.15) is 29.2 Å². The molecular formula is C24H21NO3S. The van der Waals surface area contributed by atoms with Crippen molar-refractivity contribution in [1.29, 1.82) is 0 Å². The van der Waals surface area contributed by atoms with Crippen LogP contribution in [0.2, 0.25) is 0 Å². The van der Waals surface area contributed by atoms with Crippen LogP contribution in [0.25, 0.3) is 0 Å². The van der Waals surface area contributed by atoms with Crippen molar-refractivity contribution in [3.8, 4) is 11.8 Å². The standard InChI is InChI=1S/C24H21NO3S/c1-19-12-16-23(17-13-19)29(26,27)25-22(15-14-20-8-4-2-5-9-20)18-24(28-25)21-10-6-3-7-11-21/h2-13,16-17,22,24H,18H2,1H3/t22-,24-/m0/s1. The summed E-state index contributed by atoms with van der Waals surface area (Å²) in [5.41, 5.74) is 2.76. The van der Waals surface area contributed by atoms with Crippen molar-refractivity contribution in [3.05, 3.63) is 102 Å². The van der Waals surface area contributed by atoms with E-state index in [2.05, 4.69) is 11.8 Å². The molecule has 0 aromatic heterocycles. The first-order chi connectivity index (χ1) is 14.0. The molecule has 0 radical (unpaired) electrons. The molecule has 1 fully saturated rings. The Morgan fingerprint density at radius 3 is 2.17 bits per heavy atom. The molecule has 0 aliphatic carbocycles. The Hall–Kier alpha value is -2.91. The van der Waals surface area contributed by atoms with Crippen LogP contribution in [-0.2, 0) is 14.9 Å². The fraction of sp³-hybridized carbons (Fsp3) is 0.167. The van der Waals surface area contributed by atoms with Crippen LogP contribution in [0, 0.1) is 18.8 Å². The summed E-state index contributed by atoms with van der Waals surface area (Å²) in [6.07, 6.45) is 0.0982. The smallest absolute Gasteiger partial charge is 0.266 e. The molecule has 0 spiro atoms. The van der Waals surface area contributed by atoms with E-state index >= 15 is 0 Å². The van der Waals surface area contributed by atoms with Gasteiger partial charge in [0.2, 0.25) is 0 Å². The van der Waals surface area contributed by atoms with Gasteiger partial charge in [0, 0.05) is 12.0 Å². The van der Waals surface area contributed by atoms with E-state index in [0.717, 1.165) is 21.2 Å². The first-order valence-corrected chi connectivity index (χ1v) is 10.9. The van der Waals surface area contributed by atoms with Gasteiger partial charge in [0.25, 0.3) is 10.0 Å². The minimum Gasteiger partial charge on any atom is -0.275 e. The fourth-order valence-corrected chi connectivity index (χ4v) is 4.61. The number of rotatable bonds is 3. The second-order valence-electron chi connectivity index (χ2n) is 6.97. The third-order valence-electron chi connectivity index (χ3n) is 4.81. The molecule has 1 saturated heterocycles. The summed E-state index contributed by atoms with van der Waals surface area (Å²) in [6, 6.07) is 25.4. The molecule has 3 aromatic carbocycles. The van der Waals surface area contributed by atoms with Crippen LogP contribution in [0.5, 0.6) is 0 Å². The molecule has 0 amide bonds. The second kappa shape index (κ2) is 8.22. The topological polar surface area (TPSA) is 46.6 Å². The lowest BCUT2D eigenvalue weighted by molar-refractivity contribution is -0.0846. The Balaban J connectivity index is 1.70. The zero-order valence-corrected chi connectivity index (χ0v) is 16.8. The summed E-state index contributed by atoms with van der Waals surface area (Å²) < 4.78 is 27.6. The second-order valence-corrected chi connectivity index (χ2v) is 8.75. The number of benzene rings is 3. The summed E-state index contributed by atoms with van der Waals surface area (Å²) in [4.78, 5) is 6.14. The van der Waals surface area contributed by atoms with E-state index in [1.54, 1.807) is 24.3 Å². The Labute approximate surface area is 171 Å². The number of hydroxylamine groups is 1. The van der Waals surface area contributed by atoms with Crippen molar-refractivity contribution in [2.75, 3.05) is 0 Å². The molecule has 0 N–H and O–H groups in total. The van der Waals surface area contributed by atoms with Gasteiger partial charge in [-0.15, -0.1) is 0 Å². The molecule has 4 rings (SSSR count). The first-order valence-electron chi connectivity index (χ1n) is 9.43. The Kier molecular flexibility index (Phi) is 5.50. The van der Waals surface area contributed by atoms with Crippen LogP contribution >= 0.6 is 0 Å². The predicted octanol–water partition coefficient (Wildman–Crippen LogP) is 4.48. The van der Waals surface area contributed by atoms with Crippen LogP contribution < -0.4 is 0 Å². The van der Waals surface area contributed by atoms with E-state index in [1.807, 2.05) is 67.6 Å². The molecular weight excluding hydrogens is 382 g/mol. The van der Waals surface area contributed by atoms with E-state index < -0.39 is 16.1 Å². The Bertz CT molecular complexity index is 1130. The average Bonchev–Trinajstić information content (AvgIpc) is 3.19. The van der Waals surface area contributed by atoms with Gasteiger partial charge >= 0.3 is 0 Å². The third-order valence-corrected chi connectivity index (χ3v) is 6.49. The van der Waals surface area contributed by atoms with Gasteiger partial charge in [-0.1, -0.05) is 82.5 Å².